The molecule has 0 saturated heterocycles. The molecule has 2 rings (SSSR count). The number of rotatable bonds is 1. The molecule has 0 bridgehead atoms. The van der Waals surface area contributed by atoms with E-state index in [0.717, 1.165) is 18.2 Å². The van der Waals surface area contributed by atoms with Crippen molar-refractivity contribution in [2.75, 3.05) is 5.73 Å². The average molecular weight is 176 g/mol. The van der Waals surface area contributed by atoms with Gasteiger partial charge in [-0.15, -0.1) is 0 Å². The van der Waals surface area contributed by atoms with Crippen LogP contribution >= 0.6 is 0 Å². The Morgan fingerprint density at radius 3 is 3.23 bits per heavy atom. The molecule has 1 aromatic rings. The molecule has 1 heterocycles. The van der Waals surface area contributed by atoms with Crippen LogP contribution in [0.25, 0.3) is 0 Å². The van der Waals surface area contributed by atoms with Gasteiger partial charge in [0.2, 0.25) is 0 Å². The van der Waals surface area contributed by atoms with Crippen LogP contribution in [0.2, 0.25) is 0 Å². The largest absolute Gasteiger partial charge is 0.383 e. The molecule has 70 valence electrons. The topological polar surface area (TPSA) is 38.9 Å². The van der Waals surface area contributed by atoms with Crippen molar-refractivity contribution in [1.29, 1.82) is 0 Å². The van der Waals surface area contributed by atoms with Gasteiger partial charge in [-0.2, -0.15) is 0 Å². The van der Waals surface area contributed by atoms with Gasteiger partial charge in [0, 0.05) is 6.20 Å². The van der Waals surface area contributed by atoms with Crippen LogP contribution in [0.1, 0.15) is 30.9 Å². The first-order chi connectivity index (χ1) is 6.31. The third-order valence-corrected chi connectivity index (χ3v) is 3.07. The highest BCUT2D eigenvalue weighted by atomic mass is 14.8. The molecule has 2 nitrogen and oxygen atoms in total. The van der Waals surface area contributed by atoms with Gasteiger partial charge in [0.25, 0.3) is 0 Å². The second-order valence-electron chi connectivity index (χ2n) is 3.85. The van der Waals surface area contributed by atoms with Crippen molar-refractivity contribution >= 4 is 5.82 Å². The zero-order valence-corrected chi connectivity index (χ0v) is 8.09. The minimum Gasteiger partial charge on any atom is -0.383 e. The fourth-order valence-corrected chi connectivity index (χ4v) is 2.14. The quantitative estimate of drug-likeness (QED) is 0.712. The molecule has 2 heteroatoms. The number of pyridine rings is 1. The summed E-state index contributed by atoms with van der Waals surface area (Å²) in [5.74, 6) is 1.60. The monoisotopic (exact) mass is 176 g/mol. The van der Waals surface area contributed by atoms with Crippen LogP contribution in [0, 0.1) is 5.92 Å². The maximum atomic E-state index is 5.82. The third kappa shape index (κ3) is 1.53. The summed E-state index contributed by atoms with van der Waals surface area (Å²) < 4.78 is 0. The van der Waals surface area contributed by atoms with E-state index >= 15 is 0 Å². The minimum absolute atomic E-state index is 0.743. The SMILES string of the molecule is CCC1CCc2c(ccnc2N)C1. The Morgan fingerprint density at radius 1 is 1.62 bits per heavy atom. The van der Waals surface area contributed by atoms with Crippen LogP contribution in [-0.4, -0.2) is 4.98 Å². The standard InChI is InChI=1S/C11H16N2/c1-2-8-3-4-10-9(7-8)5-6-13-11(10)12/h5-6,8H,2-4,7H2,1H3,(H2,12,13). The molecule has 0 aromatic carbocycles. The number of anilines is 1. The van der Waals surface area contributed by atoms with Gasteiger partial charge >= 0.3 is 0 Å². The van der Waals surface area contributed by atoms with Gasteiger partial charge in [-0.1, -0.05) is 13.3 Å². The van der Waals surface area contributed by atoms with Crippen LogP contribution in [-0.2, 0) is 12.8 Å². The number of hydrogen-bond acceptors (Lipinski definition) is 2. The van der Waals surface area contributed by atoms with E-state index in [2.05, 4.69) is 18.0 Å². The highest BCUT2D eigenvalue weighted by Crippen LogP contribution is 2.29. The van der Waals surface area contributed by atoms with E-state index in [1.807, 2.05) is 6.20 Å². The van der Waals surface area contributed by atoms with E-state index in [0.29, 0.717) is 0 Å². The fraction of sp³-hybridized carbons (Fsp3) is 0.545. The number of nitrogens with two attached hydrogens (primary N) is 1. The molecular formula is C11H16N2. The third-order valence-electron chi connectivity index (χ3n) is 3.07. The molecule has 0 fully saturated rings. The molecule has 0 radical (unpaired) electrons. The van der Waals surface area contributed by atoms with Crippen LogP contribution < -0.4 is 5.73 Å². The first-order valence-electron chi connectivity index (χ1n) is 5.03. The summed E-state index contributed by atoms with van der Waals surface area (Å²) in [6, 6.07) is 2.12. The molecule has 1 aliphatic carbocycles. The summed E-state index contributed by atoms with van der Waals surface area (Å²) in [6.07, 6.45) is 6.69. The molecule has 13 heavy (non-hydrogen) atoms. The van der Waals surface area contributed by atoms with Gasteiger partial charge in [-0.25, -0.2) is 4.98 Å². The summed E-state index contributed by atoms with van der Waals surface area (Å²) in [5.41, 5.74) is 8.54. The summed E-state index contributed by atoms with van der Waals surface area (Å²) in [4.78, 5) is 4.12. The van der Waals surface area contributed by atoms with E-state index in [-0.39, 0.29) is 0 Å². The number of nitrogen functional groups attached to an aromatic ring is 1. The molecule has 0 amide bonds. The Morgan fingerprint density at radius 2 is 2.46 bits per heavy atom. The summed E-state index contributed by atoms with van der Waals surface area (Å²) in [6.45, 7) is 2.26. The fourth-order valence-electron chi connectivity index (χ4n) is 2.14. The molecule has 1 aromatic heterocycles. The first kappa shape index (κ1) is 8.54. The van der Waals surface area contributed by atoms with Crippen molar-refractivity contribution in [3.63, 3.8) is 0 Å². The van der Waals surface area contributed by atoms with Gasteiger partial charge in [-0.05, 0) is 42.4 Å². The maximum Gasteiger partial charge on any atom is 0.126 e. The lowest BCUT2D eigenvalue weighted by Crippen LogP contribution is -2.15. The molecule has 2 N–H and O–H groups in total. The maximum absolute atomic E-state index is 5.82. The van der Waals surface area contributed by atoms with Gasteiger partial charge in [-0.3, -0.25) is 0 Å². The predicted molar refractivity (Wildman–Crippen MR) is 54.5 cm³/mol. The molecule has 0 saturated carbocycles. The van der Waals surface area contributed by atoms with Gasteiger partial charge in [0.1, 0.15) is 5.82 Å². The number of nitrogens with zero attached hydrogens (tertiary/aromatic N) is 1. The number of fused-ring (bicyclic) bond motifs is 1. The molecule has 1 aliphatic rings. The molecular weight excluding hydrogens is 160 g/mol. The lowest BCUT2D eigenvalue weighted by molar-refractivity contribution is 0.445. The van der Waals surface area contributed by atoms with E-state index in [1.165, 1.54) is 30.4 Å². The Labute approximate surface area is 79.2 Å². The molecule has 0 spiro atoms. The second kappa shape index (κ2) is 3.36. The zero-order chi connectivity index (χ0) is 9.26. The number of aromatic nitrogens is 1. The Kier molecular flexibility index (Phi) is 2.21. The van der Waals surface area contributed by atoms with E-state index in [4.69, 9.17) is 5.73 Å². The van der Waals surface area contributed by atoms with Crippen molar-refractivity contribution in [3.05, 3.63) is 23.4 Å². The Balaban J connectivity index is 2.31. The summed E-state index contributed by atoms with van der Waals surface area (Å²) in [7, 11) is 0. The minimum atomic E-state index is 0.743. The number of hydrogen-bond donors (Lipinski definition) is 1. The van der Waals surface area contributed by atoms with Gasteiger partial charge in [0.15, 0.2) is 0 Å². The lowest BCUT2D eigenvalue weighted by Gasteiger charge is -2.23. The zero-order valence-electron chi connectivity index (χ0n) is 8.09. The van der Waals surface area contributed by atoms with Crippen molar-refractivity contribution in [2.45, 2.75) is 32.6 Å². The Bertz CT molecular complexity index is 307. The Hall–Kier alpha value is -1.05. The normalized spacial score (nSPS) is 21.2. The first-order valence-corrected chi connectivity index (χ1v) is 5.03. The molecule has 1 atom stereocenters. The van der Waals surface area contributed by atoms with E-state index < -0.39 is 0 Å². The van der Waals surface area contributed by atoms with Gasteiger partial charge in [0.05, 0.1) is 0 Å². The predicted octanol–water partition coefficient (Wildman–Crippen LogP) is 2.18. The highest BCUT2D eigenvalue weighted by molar-refractivity contribution is 5.45. The smallest absolute Gasteiger partial charge is 0.126 e. The highest BCUT2D eigenvalue weighted by Gasteiger charge is 2.18. The van der Waals surface area contributed by atoms with Crippen LogP contribution in [0.15, 0.2) is 12.3 Å². The van der Waals surface area contributed by atoms with Crippen molar-refractivity contribution in [2.24, 2.45) is 5.92 Å². The van der Waals surface area contributed by atoms with Crippen LogP contribution in [0.4, 0.5) is 5.82 Å². The van der Waals surface area contributed by atoms with Gasteiger partial charge < -0.3 is 5.73 Å². The molecule has 1 unspecified atom stereocenters. The average Bonchev–Trinajstić information content (AvgIpc) is 2.18. The van der Waals surface area contributed by atoms with E-state index in [9.17, 15) is 0 Å². The van der Waals surface area contributed by atoms with Crippen LogP contribution in [0.5, 0.6) is 0 Å². The summed E-state index contributed by atoms with van der Waals surface area (Å²) in [5, 5.41) is 0. The molecule has 0 aliphatic heterocycles. The van der Waals surface area contributed by atoms with Crippen molar-refractivity contribution in [1.82, 2.24) is 4.98 Å². The lowest BCUT2D eigenvalue weighted by atomic mass is 9.83. The summed E-state index contributed by atoms with van der Waals surface area (Å²) >= 11 is 0. The van der Waals surface area contributed by atoms with E-state index in [1.54, 1.807) is 0 Å². The van der Waals surface area contributed by atoms with Crippen molar-refractivity contribution < 1.29 is 0 Å². The second-order valence-corrected chi connectivity index (χ2v) is 3.85. The van der Waals surface area contributed by atoms with Crippen LogP contribution in [0.3, 0.4) is 0 Å². The van der Waals surface area contributed by atoms with Crippen molar-refractivity contribution in [3.8, 4) is 0 Å².